The van der Waals surface area contributed by atoms with Crippen LogP contribution in [0.15, 0.2) is 30.9 Å². The number of aromatic nitrogens is 6. The fourth-order valence-corrected chi connectivity index (χ4v) is 9.15. The molecule has 8 rings (SSSR count). The van der Waals surface area contributed by atoms with Crippen molar-refractivity contribution in [2.45, 2.75) is 57.7 Å². The Hall–Kier alpha value is -5.15. The number of halogens is 3. The molecule has 5 heterocycles. The van der Waals surface area contributed by atoms with Crippen LogP contribution in [0.4, 0.5) is 20.3 Å². The third kappa shape index (κ3) is 10.0. The summed E-state index contributed by atoms with van der Waals surface area (Å²) in [6, 6.07) is 4.51. The quantitative estimate of drug-likeness (QED) is 0.0883. The molecule has 0 saturated heterocycles. The van der Waals surface area contributed by atoms with Crippen molar-refractivity contribution in [3.8, 4) is 11.5 Å². The van der Waals surface area contributed by atoms with Gasteiger partial charge in [0, 0.05) is 48.8 Å². The zero-order chi connectivity index (χ0) is 42.1. The molecule has 5 N–H and O–H groups in total. The van der Waals surface area contributed by atoms with Crippen LogP contribution >= 0.6 is 11.6 Å². The first-order chi connectivity index (χ1) is 27.9. The lowest BCUT2D eigenvalue weighted by molar-refractivity contribution is -0.286. The third-order valence-electron chi connectivity index (χ3n) is 10.3. The molecule has 1 aromatic carbocycles. The number of hydrogen-bond donors (Lipinski definition) is 5. The molecule has 0 radical (unpaired) electrons. The molecular formula is C37H42ClF2N9O8S2. The van der Waals surface area contributed by atoms with Crippen molar-refractivity contribution in [3.63, 3.8) is 0 Å². The van der Waals surface area contributed by atoms with E-state index in [0.717, 1.165) is 47.0 Å². The number of carbonyl (C=O) groups is 2. The summed E-state index contributed by atoms with van der Waals surface area (Å²) in [4.78, 5) is 48.4. The Kier molecular flexibility index (Phi) is 12.0. The van der Waals surface area contributed by atoms with Crippen LogP contribution in [-0.4, -0.2) is 102 Å². The lowest BCUT2D eigenvalue weighted by Gasteiger charge is -2.22. The molecule has 1 aliphatic heterocycles. The van der Waals surface area contributed by atoms with E-state index >= 15 is 0 Å². The van der Waals surface area contributed by atoms with Crippen molar-refractivity contribution in [1.82, 2.24) is 40.5 Å². The molecule has 0 bridgehead atoms. The summed E-state index contributed by atoms with van der Waals surface area (Å²) in [5, 5.41) is 10.6. The number of ether oxygens (including phenoxy) is 2. The van der Waals surface area contributed by atoms with Gasteiger partial charge >= 0.3 is 6.29 Å². The Balaban J connectivity index is 0.000000192. The Morgan fingerprint density at radius 1 is 0.814 bits per heavy atom. The van der Waals surface area contributed by atoms with Gasteiger partial charge in [-0.2, -0.15) is 0 Å². The van der Waals surface area contributed by atoms with E-state index < -0.39 is 26.0 Å². The molecule has 2 aliphatic carbocycles. The van der Waals surface area contributed by atoms with Gasteiger partial charge in [-0.3, -0.25) is 9.59 Å². The molecule has 5 aromatic rings. The fraction of sp³-hybridized carbons (Fsp3) is 0.459. The predicted molar refractivity (Wildman–Crippen MR) is 214 cm³/mol. The van der Waals surface area contributed by atoms with E-state index in [9.17, 15) is 35.2 Å². The van der Waals surface area contributed by atoms with Crippen molar-refractivity contribution < 1.29 is 44.7 Å². The van der Waals surface area contributed by atoms with Gasteiger partial charge in [0.1, 0.15) is 54.6 Å². The van der Waals surface area contributed by atoms with Crippen LogP contribution in [-0.2, 0) is 54.9 Å². The minimum absolute atomic E-state index is 0.0147. The highest BCUT2D eigenvalue weighted by Gasteiger charge is 2.44. The minimum Gasteiger partial charge on any atom is -0.395 e. The fourth-order valence-electron chi connectivity index (χ4n) is 7.56. The second-order valence-corrected chi connectivity index (χ2v) is 19.7. The molecule has 316 valence electrons. The standard InChI is InChI=1S/C22H23F2N5O5S.C15H19ClN4O3S/c1-35(31,32)9-3-8-25-21(30)12-6-7-14-13(10-12)17-19(28-14)26-11-27-20(17)29-15-4-2-5-16-18(15)34-22(23,24)33-16;1-24(22,23)6-2-5-17-15(21)9-3-4-11-10(7-9)12-13(16)18-8-19-14(12)20-11/h2,4-5,11-12H,3,6-10H2,1H3,(H,25,30)(H2,26,27,28,29);8-9H,2-7H2,1H3,(H,17,21)(H,18,19,20). The van der Waals surface area contributed by atoms with Crippen LogP contribution in [0, 0.1) is 11.8 Å². The number of nitrogens with one attached hydrogen (secondary N) is 5. The van der Waals surface area contributed by atoms with Crippen LogP contribution in [0.3, 0.4) is 0 Å². The molecule has 4 aromatic heterocycles. The largest absolute Gasteiger partial charge is 0.586 e. The van der Waals surface area contributed by atoms with E-state index in [1.54, 1.807) is 12.1 Å². The second kappa shape index (κ2) is 16.8. The van der Waals surface area contributed by atoms with Crippen LogP contribution in [0.1, 0.15) is 48.2 Å². The van der Waals surface area contributed by atoms with Crippen LogP contribution in [0.5, 0.6) is 11.5 Å². The van der Waals surface area contributed by atoms with Crippen molar-refractivity contribution in [2.75, 3.05) is 42.4 Å². The monoisotopic (exact) mass is 877 g/mol. The number of hydrogen-bond acceptors (Lipinski definition) is 13. The zero-order valence-corrected chi connectivity index (χ0v) is 34.4. The van der Waals surface area contributed by atoms with Gasteiger partial charge in [0.05, 0.1) is 28.0 Å². The van der Waals surface area contributed by atoms with Crippen LogP contribution in [0.25, 0.3) is 22.1 Å². The smallest absolute Gasteiger partial charge is 0.395 e. The lowest BCUT2D eigenvalue weighted by Crippen LogP contribution is -2.35. The van der Waals surface area contributed by atoms with Gasteiger partial charge in [0.15, 0.2) is 11.5 Å². The molecule has 3 aliphatic rings. The molecule has 22 heteroatoms. The van der Waals surface area contributed by atoms with Gasteiger partial charge in [0.2, 0.25) is 11.8 Å². The molecule has 0 fully saturated rings. The highest BCUT2D eigenvalue weighted by molar-refractivity contribution is 7.90. The summed E-state index contributed by atoms with van der Waals surface area (Å²) in [6.07, 6.45) is 5.90. The van der Waals surface area contributed by atoms with Gasteiger partial charge in [-0.15, -0.1) is 8.78 Å². The predicted octanol–water partition coefficient (Wildman–Crippen LogP) is 3.95. The van der Waals surface area contributed by atoms with Crippen molar-refractivity contribution in [2.24, 2.45) is 11.8 Å². The first kappa shape index (κ1) is 42.0. The summed E-state index contributed by atoms with van der Waals surface area (Å²) < 4.78 is 81.2. The third-order valence-corrected chi connectivity index (χ3v) is 12.7. The number of alkyl halides is 2. The number of aromatic amines is 2. The molecule has 17 nitrogen and oxygen atoms in total. The van der Waals surface area contributed by atoms with Crippen molar-refractivity contribution in [3.05, 3.63) is 58.5 Å². The number of para-hydroxylation sites is 1. The maximum atomic E-state index is 13.6. The Morgan fingerprint density at radius 3 is 1.93 bits per heavy atom. The highest BCUT2D eigenvalue weighted by atomic mass is 35.5. The SMILES string of the molecule is CS(=O)(=O)CCCNC(=O)C1CCc2[nH]c3ncnc(Cl)c3c2C1.CS(=O)(=O)CCCNC(=O)C1CCc2[nH]c3ncnc(Nc4cccc5c4OC(F)(F)O5)c3c2C1. The van der Waals surface area contributed by atoms with Gasteiger partial charge < -0.3 is 35.4 Å². The first-order valence-electron chi connectivity index (χ1n) is 18.9. The number of rotatable bonds is 12. The number of H-pyrrole nitrogens is 2. The summed E-state index contributed by atoms with van der Waals surface area (Å²) in [5.41, 5.74) is 5.41. The van der Waals surface area contributed by atoms with Crippen molar-refractivity contribution >= 4 is 76.7 Å². The Bertz CT molecular complexity index is 2640. The maximum absolute atomic E-state index is 13.6. The first-order valence-corrected chi connectivity index (χ1v) is 23.4. The molecule has 0 spiro atoms. The molecule has 2 atom stereocenters. The van der Waals surface area contributed by atoms with E-state index in [1.807, 2.05) is 0 Å². The second-order valence-electron chi connectivity index (χ2n) is 14.9. The minimum atomic E-state index is -3.75. The van der Waals surface area contributed by atoms with E-state index in [2.05, 4.69) is 55.3 Å². The summed E-state index contributed by atoms with van der Waals surface area (Å²) in [5.74, 6) is -0.369. The highest BCUT2D eigenvalue weighted by Crippen LogP contribution is 2.47. The van der Waals surface area contributed by atoms with E-state index in [-0.39, 0.29) is 58.9 Å². The van der Waals surface area contributed by atoms with Crippen molar-refractivity contribution in [1.29, 1.82) is 0 Å². The van der Waals surface area contributed by atoms with Gasteiger partial charge in [-0.25, -0.2) is 36.8 Å². The van der Waals surface area contributed by atoms with Crippen LogP contribution < -0.4 is 25.4 Å². The Morgan fingerprint density at radius 2 is 1.36 bits per heavy atom. The molecule has 59 heavy (non-hydrogen) atoms. The van der Waals surface area contributed by atoms with Gasteiger partial charge in [0.25, 0.3) is 0 Å². The molecule has 2 amide bonds. The van der Waals surface area contributed by atoms with Crippen LogP contribution in [0.2, 0.25) is 5.15 Å². The van der Waals surface area contributed by atoms with Gasteiger partial charge in [-0.05, 0) is 74.6 Å². The number of carbonyl (C=O) groups excluding carboxylic acids is 2. The maximum Gasteiger partial charge on any atom is 0.586 e. The summed E-state index contributed by atoms with van der Waals surface area (Å²) in [7, 11) is -6.07. The number of sulfone groups is 2. The number of fused-ring (bicyclic) bond motifs is 7. The molecular weight excluding hydrogens is 836 g/mol. The van der Waals surface area contributed by atoms with E-state index in [4.69, 9.17) is 11.6 Å². The summed E-state index contributed by atoms with van der Waals surface area (Å²) >= 11 is 6.18. The lowest BCUT2D eigenvalue weighted by atomic mass is 9.86. The average molecular weight is 878 g/mol. The zero-order valence-electron chi connectivity index (χ0n) is 32.0. The number of anilines is 2. The number of aryl methyl sites for hydroxylation is 2. The van der Waals surface area contributed by atoms with Gasteiger partial charge in [-0.1, -0.05) is 17.7 Å². The number of benzene rings is 1. The molecule has 2 unspecified atom stereocenters. The summed E-state index contributed by atoms with van der Waals surface area (Å²) in [6.45, 7) is 0.651. The molecule has 0 saturated carbocycles. The normalized spacial score (nSPS) is 18.1. The number of nitrogens with zero attached hydrogens (tertiary/aromatic N) is 4. The van der Waals surface area contributed by atoms with E-state index in [0.29, 0.717) is 72.7 Å². The average Bonchev–Trinajstić information content (AvgIpc) is 3.84. The van der Waals surface area contributed by atoms with E-state index in [1.165, 1.54) is 25.0 Å². The number of amides is 2. The topological polar surface area (TPSA) is 240 Å². The Labute approximate surface area is 342 Å².